The Morgan fingerprint density at radius 1 is 1.00 bits per heavy atom. The molecule has 102 valence electrons. The van der Waals surface area contributed by atoms with Crippen molar-refractivity contribution in [3.05, 3.63) is 48.0 Å². The van der Waals surface area contributed by atoms with Gasteiger partial charge in [0, 0.05) is 12.1 Å². The Bertz CT molecular complexity index is 532. The van der Waals surface area contributed by atoms with Crippen molar-refractivity contribution in [3.8, 4) is 0 Å². The minimum atomic E-state index is 0.156. The molecule has 19 heavy (non-hydrogen) atoms. The van der Waals surface area contributed by atoms with E-state index >= 15 is 0 Å². The summed E-state index contributed by atoms with van der Waals surface area (Å²) in [6, 6.07) is 15.3. The maximum absolute atomic E-state index is 3.51. The van der Waals surface area contributed by atoms with Crippen molar-refractivity contribution >= 4 is 10.8 Å². The Balaban J connectivity index is 1.88. The third-order valence-corrected chi connectivity index (χ3v) is 3.65. The summed E-state index contributed by atoms with van der Waals surface area (Å²) >= 11 is 0. The molecule has 0 aromatic heterocycles. The number of likely N-dealkylation sites (N-methyl/N-ethyl adjacent to an activating group) is 1. The summed E-state index contributed by atoms with van der Waals surface area (Å²) in [6.45, 7) is 6.41. The molecule has 0 aliphatic rings. The molecule has 2 rings (SSSR count). The normalized spacial score (nSPS) is 11.9. The van der Waals surface area contributed by atoms with Crippen molar-refractivity contribution in [2.24, 2.45) is 0 Å². The van der Waals surface area contributed by atoms with Crippen molar-refractivity contribution in [1.29, 1.82) is 0 Å². The van der Waals surface area contributed by atoms with Crippen molar-refractivity contribution in [3.63, 3.8) is 0 Å². The summed E-state index contributed by atoms with van der Waals surface area (Å²) in [6.07, 6.45) is 1.07. The molecular weight excluding hydrogens is 232 g/mol. The average Bonchev–Trinajstić information content (AvgIpc) is 2.43. The van der Waals surface area contributed by atoms with E-state index in [1.54, 1.807) is 0 Å². The highest BCUT2D eigenvalue weighted by Crippen LogP contribution is 2.15. The van der Waals surface area contributed by atoms with Gasteiger partial charge in [-0.2, -0.15) is 0 Å². The van der Waals surface area contributed by atoms with Crippen molar-refractivity contribution in [1.82, 2.24) is 10.6 Å². The van der Waals surface area contributed by atoms with Gasteiger partial charge in [0.15, 0.2) is 0 Å². The van der Waals surface area contributed by atoms with Crippen LogP contribution in [0.4, 0.5) is 0 Å². The first-order chi connectivity index (χ1) is 9.11. The van der Waals surface area contributed by atoms with Gasteiger partial charge in [-0.1, -0.05) is 42.5 Å². The molecule has 0 saturated carbocycles. The van der Waals surface area contributed by atoms with E-state index in [1.807, 2.05) is 7.05 Å². The first kappa shape index (κ1) is 14.0. The number of benzene rings is 2. The highest BCUT2D eigenvalue weighted by atomic mass is 15.0. The molecule has 2 heteroatoms. The van der Waals surface area contributed by atoms with Crippen molar-refractivity contribution in [2.45, 2.75) is 25.8 Å². The van der Waals surface area contributed by atoms with E-state index < -0.39 is 0 Å². The standard InChI is InChI=1S/C17H24N2/c1-17(2,18-3)13-19-11-10-14-8-9-15-6-4-5-7-16(15)12-14/h4-9,12,18-19H,10-11,13H2,1-3H3. The maximum Gasteiger partial charge on any atom is 0.0246 e. The molecule has 0 saturated heterocycles. The molecule has 0 bridgehead atoms. The molecule has 2 N–H and O–H groups in total. The van der Waals surface area contributed by atoms with E-state index in [9.17, 15) is 0 Å². The molecule has 0 radical (unpaired) electrons. The zero-order valence-electron chi connectivity index (χ0n) is 12.2. The Labute approximate surface area is 116 Å². The Morgan fingerprint density at radius 3 is 2.47 bits per heavy atom. The molecular formula is C17H24N2. The third kappa shape index (κ3) is 4.05. The predicted molar refractivity (Wildman–Crippen MR) is 83.7 cm³/mol. The number of nitrogens with one attached hydrogen (secondary N) is 2. The van der Waals surface area contributed by atoms with Crippen LogP contribution >= 0.6 is 0 Å². The molecule has 0 fully saturated rings. The Kier molecular flexibility index (Phi) is 4.56. The van der Waals surface area contributed by atoms with E-state index in [0.717, 1.165) is 19.5 Å². The predicted octanol–water partition coefficient (Wildman–Crippen LogP) is 2.97. The third-order valence-electron chi connectivity index (χ3n) is 3.65. The lowest BCUT2D eigenvalue weighted by Crippen LogP contribution is -2.46. The molecule has 0 aliphatic carbocycles. The highest BCUT2D eigenvalue weighted by molar-refractivity contribution is 5.82. The first-order valence-corrected chi connectivity index (χ1v) is 6.98. The van der Waals surface area contributed by atoms with Gasteiger partial charge in [0.05, 0.1) is 0 Å². The van der Waals surface area contributed by atoms with Crippen LogP contribution in [0.5, 0.6) is 0 Å². The highest BCUT2D eigenvalue weighted by Gasteiger charge is 2.12. The second-order valence-electron chi connectivity index (χ2n) is 5.74. The minimum Gasteiger partial charge on any atom is -0.315 e. The van der Waals surface area contributed by atoms with Crippen LogP contribution in [0.3, 0.4) is 0 Å². The maximum atomic E-state index is 3.51. The van der Waals surface area contributed by atoms with Crippen LogP contribution in [0.25, 0.3) is 10.8 Å². The van der Waals surface area contributed by atoms with Crippen LogP contribution in [0.2, 0.25) is 0 Å². The molecule has 0 unspecified atom stereocenters. The fraction of sp³-hybridized carbons (Fsp3) is 0.412. The second-order valence-corrected chi connectivity index (χ2v) is 5.74. The van der Waals surface area contributed by atoms with E-state index in [4.69, 9.17) is 0 Å². The zero-order valence-corrected chi connectivity index (χ0v) is 12.2. The summed E-state index contributed by atoms with van der Waals surface area (Å²) in [5, 5.41) is 9.46. The topological polar surface area (TPSA) is 24.1 Å². The SMILES string of the molecule is CNC(C)(C)CNCCc1ccc2ccccc2c1. The van der Waals surface area contributed by atoms with Gasteiger partial charge in [0.25, 0.3) is 0 Å². The van der Waals surface area contributed by atoms with Crippen molar-refractivity contribution < 1.29 is 0 Å². The molecule has 0 heterocycles. The zero-order chi connectivity index (χ0) is 13.7. The van der Waals surface area contributed by atoms with Crippen LogP contribution in [-0.4, -0.2) is 25.7 Å². The summed E-state index contributed by atoms with van der Waals surface area (Å²) in [5.74, 6) is 0. The smallest absolute Gasteiger partial charge is 0.0246 e. The minimum absolute atomic E-state index is 0.156. The lowest BCUT2D eigenvalue weighted by atomic mass is 10.0. The number of fused-ring (bicyclic) bond motifs is 1. The van der Waals surface area contributed by atoms with Gasteiger partial charge in [0.1, 0.15) is 0 Å². The largest absolute Gasteiger partial charge is 0.315 e. The van der Waals surface area contributed by atoms with Crippen LogP contribution in [0.15, 0.2) is 42.5 Å². The van der Waals surface area contributed by atoms with E-state index in [0.29, 0.717) is 0 Å². The molecule has 0 atom stereocenters. The Hall–Kier alpha value is -1.38. The summed E-state index contributed by atoms with van der Waals surface area (Å²) in [5.41, 5.74) is 1.55. The van der Waals surface area contributed by atoms with Gasteiger partial charge < -0.3 is 10.6 Å². The van der Waals surface area contributed by atoms with Crippen LogP contribution in [-0.2, 0) is 6.42 Å². The number of hydrogen-bond acceptors (Lipinski definition) is 2. The first-order valence-electron chi connectivity index (χ1n) is 6.98. The summed E-state index contributed by atoms with van der Waals surface area (Å²) in [4.78, 5) is 0. The number of rotatable bonds is 6. The molecule has 0 spiro atoms. The number of hydrogen-bond donors (Lipinski definition) is 2. The van der Waals surface area contributed by atoms with E-state index in [1.165, 1.54) is 16.3 Å². The molecule has 0 amide bonds. The monoisotopic (exact) mass is 256 g/mol. The quantitative estimate of drug-likeness (QED) is 0.776. The fourth-order valence-electron chi connectivity index (χ4n) is 2.12. The fourth-order valence-corrected chi connectivity index (χ4v) is 2.12. The van der Waals surface area contributed by atoms with Crippen molar-refractivity contribution in [2.75, 3.05) is 20.1 Å². The summed E-state index contributed by atoms with van der Waals surface area (Å²) in [7, 11) is 2.00. The summed E-state index contributed by atoms with van der Waals surface area (Å²) < 4.78 is 0. The Morgan fingerprint density at radius 2 is 1.74 bits per heavy atom. The average molecular weight is 256 g/mol. The second kappa shape index (κ2) is 6.18. The lowest BCUT2D eigenvalue weighted by Gasteiger charge is -2.24. The van der Waals surface area contributed by atoms with Crippen LogP contribution < -0.4 is 10.6 Å². The van der Waals surface area contributed by atoms with Gasteiger partial charge in [-0.15, -0.1) is 0 Å². The molecule has 2 nitrogen and oxygen atoms in total. The van der Waals surface area contributed by atoms with Gasteiger partial charge in [-0.05, 0) is 50.2 Å². The van der Waals surface area contributed by atoms with Gasteiger partial charge in [0.2, 0.25) is 0 Å². The molecule has 2 aromatic rings. The molecule has 0 aliphatic heterocycles. The van der Waals surface area contributed by atoms with Gasteiger partial charge in [-0.25, -0.2) is 0 Å². The van der Waals surface area contributed by atoms with Crippen LogP contribution in [0, 0.1) is 0 Å². The van der Waals surface area contributed by atoms with Gasteiger partial charge in [-0.3, -0.25) is 0 Å². The van der Waals surface area contributed by atoms with E-state index in [-0.39, 0.29) is 5.54 Å². The van der Waals surface area contributed by atoms with Gasteiger partial charge >= 0.3 is 0 Å². The van der Waals surface area contributed by atoms with Crippen LogP contribution in [0.1, 0.15) is 19.4 Å². The van der Waals surface area contributed by atoms with E-state index in [2.05, 4.69) is 66.9 Å². The lowest BCUT2D eigenvalue weighted by molar-refractivity contribution is 0.395. The molecule has 2 aromatic carbocycles.